The number of nitrogens with zero attached hydrogens (tertiary/aromatic N) is 1. The van der Waals surface area contributed by atoms with Gasteiger partial charge in [0, 0.05) is 29.2 Å². The van der Waals surface area contributed by atoms with Crippen molar-refractivity contribution >= 4 is 27.5 Å². The van der Waals surface area contributed by atoms with Gasteiger partial charge in [0.2, 0.25) is 5.91 Å². The van der Waals surface area contributed by atoms with Gasteiger partial charge >= 0.3 is 0 Å². The highest BCUT2D eigenvalue weighted by atomic mass is 79.9. The van der Waals surface area contributed by atoms with Gasteiger partial charge < -0.3 is 10.6 Å². The van der Waals surface area contributed by atoms with Crippen LogP contribution in [0.15, 0.2) is 22.9 Å². The Balaban J connectivity index is 2.31. The van der Waals surface area contributed by atoms with Crippen molar-refractivity contribution in [2.24, 2.45) is 0 Å². The van der Waals surface area contributed by atoms with Crippen LogP contribution in [0, 0.1) is 0 Å². The van der Waals surface area contributed by atoms with Gasteiger partial charge in [-0.1, -0.05) is 0 Å². The third kappa shape index (κ3) is 6.26. The van der Waals surface area contributed by atoms with Gasteiger partial charge in [0.15, 0.2) is 0 Å². The highest BCUT2D eigenvalue weighted by molar-refractivity contribution is 9.10. The average molecular weight is 300 g/mol. The third-order valence-electron chi connectivity index (χ3n) is 1.90. The highest BCUT2D eigenvalue weighted by Gasteiger charge is 2.12. The number of pyridine rings is 1. The summed E-state index contributed by atoms with van der Waals surface area (Å²) in [4.78, 5) is 15.6. The van der Waals surface area contributed by atoms with Crippen LogP contribution in [0.4, 0.5) is 5.69 Å². The minimum atomic E-state index is -0.172. The molecule has 0 saturated heterocycles. The van der Waals surface area contributed by atoms with Crippen LogP contribution in [0.2, 0.25) is 0 Å². The molecular weight excluding hydrogens is 282 g/mol. The Hall–Kier alpha value is -1.10. The maximum absolute atomic E-state index is 11.5. The van der Waals surface area contributed by atoms with Crippen molar-refractivity contribution in [2.45, 2.75) is 32.7 Å². The van der Waals surface area contributed by atoms with Crippen molar-refractivity contribution in [2.75, 3.05) is 11.9 Å². The maximum atomic E-state index is 11.5. The quantitative estimate of drug-likeness (QED) is 0.898. The number of halogens is 1. The number of amides is 1. The van der Waals surface area contributed by atoms with E-state index in [9.17, 15) is 4.79 Å². The summed E-state index contributed by atoms with van der Waals surface area (Å²) < 4.78 is 0.918. The Kier molecular flexibility index (Phi) is 4.93. The fourth-order valence-corrected chi connectivity index (χ4v) is 1.67. The topological polar surface area (TPSA) is 54.0 Å². The van der Waals surface area contributed by atoms with Gasteiger partial charge in [0.05, 0.1) is 11.9 Å². The molecule has 0 fully saturated rings. The van der Waals surface area contributed by atoms with Crippen LogP contribution in [0.5, 0.6) is 0 Å². The first-order valence-corrected chi connectivity index (χ1v) is 6.31. The van der Waals surface area contributed by atoms with E-state index in [-0.39, 0.29) is 11.4 Å². The van der Waals surface area contributed by atoms with Crippen LogP contribution in [-0.2, 0) is 4.79 Å². The molecule has 0 aromatic carbocycles. The molecule has 0 atom stereocenters. The summed E-state index contributed by atoms with van der Waals surface area (Å²) in [5.41, 5.74) is 0.733. The number of carbonyl (C=O) groups excluding carboxylic acids is 1. The van der Waals surface area contributed by atoms with Crippen molar-refractivity contribution in [1.29, 1.82) is 0 Å². The molecule has 0 bridgehead atoms. The first-order chi connectivity index (χ1) is 7.87. The van der Waals surface area contributed by atoms with Crippen LogP contribution in [0.3, 0.4) is 0 Å². The van der Waals surface area contributed by atoms with E-state index in [0.29, 0.717) is 13.0 Å². The second kappa shape index (κ2) is 6.00. The number of rotatable bonds is 4. The second-order valence-electron chi connectivity index (χ2n) is 4.87. The molecule has 17 heavy (non-hydrogen) atoms. The van der Waals surface area contributed by atoms with Gasteiger partial charge in [-0.05, 0) is 42.8 Å². The minimum Gasteiger partial charge on any atom is -0.383 e. The van der Waals surface area contributed by atoms with Gasteiger partial charge in [0.1, 0.15) is 0 Å². The van der Waals surface area contributed by atoms with Gasteiger partial charge in [-0.3, -0.25) is 9.78 Å². The number of carbonyl (C=O) groups is 1. The predicted molar refractivity (Wildman–Crippen MR) is 72.9 cm³/mol. The summed E-state index contributed by atoms with van der Waals surface area (Å²) in [5, 5.41) is 6.06. The fourth-order valence-electron chi connectivity index (χ4n) is 1.31. The molecule has 4 nitrogen and oxygen atoms in total. The van der Waals surface area contributed by atoms with Crippen molar-refractivity contribution in [3.05, 3.63) is 22.9 Å². The molecule has 0 saturated carbocycles. The molecule has 5 heteroatoms. The first-order valence-electron chi connectivity index (χ1n) is 5.52. The number of hydrogen-bond donors (Lipinski definition) is 2. The molecule has 1 aromatic rings. The molecule has 0 spiro atoms. The van der Waals surface area contributed by atoms with E-state index in [2.05, 4.69) is 31.5 Å². The lowest BCUT2D eigenvalue weighted by Gasteiger charge is -2.20. The molecule has 1 amide bonds. The lowest BCUT2D eigenvalue weighted by molar-refractivity contribution is -0.122. The SMILES string of the molecule is CC(C)(C)NC(=O)CCNc1cncc(Br)c1. The molecule has 2 N–H and O–H groups in total. The molecule has 94 valence electrons. The Bertz CT molecular complexity index is 388. The van der Waals surface area contributed by atoms with Crippen molar-refractivity contribution in [1.82, 2.24) is 10.3 Å². The molecule has 0 aliphatic heterocycles. The van der Waals surface area contributed by atoms with Crippen LogP contribution < -0.4 is 10.6 Å². The Morgan fingerprint density at radius 1 is 1.41 bits per heavy atom. The van der Waals surface area contributed by atoms with E-state index in [1.165, 1.54) is 0 Å². The molecule has 1 aromatic heterocycles. The summed E-state index contributed by atoms with van der Waals surface area (Å²) in [6.45, 7) is 6.50. The molecule has 0 aliphatic carbocycles. The van der Waals surface area contributed by atoms with E-state index in [4.69, 9.17) is 0 Å². The second-order valence-corrected chi connectivity index (χ2v) is 5.78. The number of nitrogens with one attached hydrogen (secondary N) is 2. The molecule has 0 radical (unpaired) electrons. The van der Waals surface area contributed by atoms with Crippen LogP contribution in [-0.4, -0.2) is 23.0 Å². The van der Waals surface area contributed by atoms with Crippen molar-refractivity contribution in [3.63, 3.8) is 0 Å². The van der Waals surface area contributed by atoms with Crippen molar-refractivity contribution in [3.8, 4) is 0 Å². The van der Waals surface area contributed by atoms with E-state index in [1.54, 1.807) is 12.4 Å². The molecule has 1 heterocycles. The molecule has 0 unspecified atom stereocenters. The third-order valence-corrected chi connectivity index (χ3v) is 2.33. The van der Waals surface area contributed by atoms with E-state index in [1.807, 2.05) is 26.8 Å². The number of hydrogen-bond acceptors (Lipinski definition) is 3. The van der Waals surface area contributed by atoms with Gasteiger partial charge in [0.25, 0.3) is 0 Å². The lowest BCUT2D eigenvalue weighted by atomic mass is 10.1. The zero-order valence-electron chi connectivity index (χ0n) is 10.4. The van der Waals surface area contributed by atoms with Gasteiger partial charge in [-0.2, -0.15) is 0 Å². The average Bonchev–Trinajstić information content (AvgIpc) is 2.14. The summed E-state index contributed by atoms with van der Waals surface area (Å²) >= 11 is 3.34. The first kappa shape index (κ1) is 14.0. The number of aromatic nitrogens is 1. The maximum Gasteiger partial charge on any atom is 0.222 e. The summed E-state index contributed by atoms with van der Waals surface area (Å²) in [6, 6.07) is 1.93. The van der Waals surface area contributed by atoms with Gasteiger partial charge in [-0.15, -0.1) is 0 Å². The van der Waals surface area contributed by atoms with E-state index < -0.39 is 0 Å². The zero-order chi connectivity index (χ0) is 12.9. The summed E-state index contributed by atoms with van der Waals surface area (Å²) in [5.74, 6) is 0.0490. The zero-order valence-corrected chi connectivity index (χ0v) is 12.0. The minimum absolute atomic E-state index is 0.0490. The fraction of sp³-hybridized carbons (Fsp3) is 0.500. The standard InChI is InChI=1S/C12H18BrN3O/c1-12(2,3)16-11(17)4-5-15-10-6-9(13)7-14-8-10/h6-8,15H,4-5H2,1-3H3,(H,16,17). The summed E-state index contributed by atoms with van der Waals surface area (Å²) in [6.07, 6.45) is 3.90. The van der Waals surface area contributed by atoms with Crippen molar-refractivity contribution < 1.29 is 4.79 Å². The predicted octanol–water partition coefficient (Wildman–Crippen LogP) is 2.56. The Labute approximate surface area is 110 Å². The monoisotopic (exact) mass is 299 g/mol. The Morgan fingerprint density at radius 2 is 2.12 bits per heavy atom. The van der Waals surface area contributed by atoms with E-state index >= 15 is 0 Å². The number of anilines is 1. The summed E-state index contributed by atoms with van der Waals surface area (Å²) in [7, 11) is 0. The van der Waals surface area contributed by atoms with E-state index in [0.717, 1.165) is 10.2 Å². The molecule has 0 aliphatic rings. The molecular formula is C12H18BrN3O. The largest absolute Gasteiger partial charge is 0.383 e. The van der Waals surface area contributed by atoms with Crippen LogP contribution >= 0.6 is 15.9 Å². The molecule has 1 rings (SSSR count). The lowest BCUT2D eigenvalue weighted by Crippen LogP contribution is -2.41. The normalized spacial score (nSPS) is 11.1. The Morgan fingerprint density at radius 3 is 2.71 bits per heavy atom. The van der Waals surface area contributed by atoms with Crippen LogP contribution in [0.25, 0.3) is 0 Å². The highest BCUT2D eigenvalue weighted by Crippen LogP contribution is 2.13. The van der Waals surface area contributed by atoms with Gasteiger partial charge in [-0.25, -0.2) is 0 Å². The van der Waals surface area contributed by atoms with Crippen LogP contribution in [0.1, 0.15) is 27.2 Å². The smallest absolute Gasteiger partial charge is 0.222 e.